The Morgan fingerprint density at radius 2 is 1.89 bits per heavy atom. The van der Waals surface area contributed by atoms with E-state index in [2.05, 4.69) is 58.8 Å². The van der Waals surface area contributed by atoms with Gasteiger partial charge in [0, 0.05) is 61.5 Å². The van der Waals surface area contributed by atoms with E-state index in [4.69, 9.17) is 0 Å². The van der Waals surface area contributed by atoms with Crippen molar-refractivity contribution < 1.29 is 5.11 Å². The van der Waals surface area contributed by atoms with Crippen molar-refractivity contribution in [3.8, 4) is 0 Å². The van der Waals surface area contributed by atoms with Crippen molar-refractivity contribution in [1.29, 1.82) is 0 Å². The number of fused-ring (bicyclic) bond motifs is 1. The van der Waals surface area contributed by atoms with Crippen LogP contribution in [0.2, 0.25) is 0 Å². The van der Waals surface area contributed by atoms with Crippen molar-refractivity contribution in [3.63, 3.8) is 0 Å². The third-order valence-corrected chi connectivity index (χ3v) is 6.93. The van der Waals surface area contributed by atoms with Crippen LogP contribution in [-0.4, -0.2) is 83.3 Å². The first kappa shape index (κ1) is 19.9. The number of likely N-dealkylation sites (tertiary alicyclic amines) is 1. The SMILES string of the molecule is Cc1ccc2[nH]c(CN3CCN(C4CCN(C)CC4)[C@H](CCO)C3)c(C)c2c1. The Morgan fingerprint density at radius 3 is 2.64 bits per heavy atom. The standard InChI is InChI=1S/C23H36N4O/c1-17-4-5-22-21(14-17)18(2)23(24-22)16-26-11-12-27(20(15-26)8-13-28)19-6-9-25(3)10-7-19/h4-5,14,19-20,24,28H,6-13,15-16H2,1-3H3/t20-/m1/s1. The molecule has 0 spiro atoms. The molecule has 4 rings (SSSR count). The minimum atomic E-state index is 0.284. The lowest BCUT2D eigenvalue weighted by molar-refractivity contribution is 0.00566. The molecule has 5 heteroatoms. The van der Waals surface area contributed by atoms with Crippen LogP contribution in [-0.2, 0) is 6.54 Å². The minimum Gasteiger partial charge on any atom is -0.396 e. The van der Waals surface area contributed by atoms with Gasteiger partial charge in [-0.15, -0.1) is 0 Å². The zero-order valence-electron chi connectivity index (χ0n) is 17.7. The van der Waals surface area contributed by atoms with E-state index in [0.29, 0.717) is 12.1 Å². The first-order valence-electron chi connectivity index (χ1n) is 10.9. The van der Waals surface area contributed by atoms with Crippen molar-refractivity contribution in [2.24, 2.45) is 0 Å². The summed E-state index contributed by atoms with van der Waals surface area (Å²) in [6, 6.07) is 7.83. The Morgan fingerprint density at radius 1 is 1.11 bits per heavy atom. The van der Waals surface area contributed by atoms with Crippen molar-refractivity contribution in [2.75, 3.05) is 46.4 Å². The molecule has 0 aliphatic carbocycles. The van der Waals surface area contributed by atoms with E-state index in [1.165, 1.54) is 53.7 Å². The molecule has 2 saturated heterocycles. The van der Waals surface area contributed by atoms with E-state index < -0.39 is 0 Å². The number of aromatic nitrogens is 1. The average molecular weight is 385 g/mol. The van der Waals surface area contributed by atoms with Gasteiger partial charge in [0.2, 0.25) is 0 Å². The lowest BCUT2D eigenvalue weighted by atomic mass is 9.98. The van der Waals surface area contributed by atoms with Gasteiger partial charge in [0.05, 0.1) is 0 Å². The van der Waals surface area contributed by atoms with Gasteiger partial charge in [0.1, 0.15) is 0 Å². The van der Waals surface area contributed by atoms with Gasteiger partial charge in [-0.25, -0.2) is 0 Å². The highest BCUT2D eigenvalue weighted by molar-refractivity contribution is 5.85. The third kappa shape index (κ3) is 4.13. The maximum Gasteiger partial charge on any atom is 0.0459 e. The molecule has 5 nitrogen and oxygen atoms in total. The predicted octanol–water partition coefficient (Wildman–Crippen LogP) is 2.75. The van der Waals surface area contributed by atoms with Crippen LogP contribution in [0, 0.1) is 13.8 Å². The number of aryl methyl sites for hydroxylation is 2. The molecule has 1 aromatic carbocycles. The number of hydrogen-bond acceptors (Lipinski definition) is 4. The summed E-state index contributed by atoms with van der Waals surface area (Å²) in [4.78, 5) is 11.4. The van der Waals surface area contributed by atoms with E-state index in [1.807, 2.05) is 0 Å². The van der Waals surface area contributed by atoms with E-state index >= 15 is 0 Å². The van der Waals surface area contributed by atoms with Crippen molar-refractivity contribution in [3.05, 3.63) is 35.0 Å². The summed E-state index contributed by atoms with van der Waals surface area (Å²) in [7, 11) is 2.23. The Bertz CT molecular complexity index is 793. The number of rotatable bonds is 5. The number of nitrogens with one attached hydrogen (secondary N) is 1. The lowest BCUT2D eigenvalue weighted by Crippen LogP contribution is -2.58. The van der Waals surface area contributed by atoms with Gasteiger partial charge in [-0.1, -0.05) is 11.6 Å². The van der Waals surface area contributed by atoms with Crippen molar-refractivity contribution in [1.82, 2.24) is 19.7 Å². The van der Waals surface area contributed by atoms with Gasteiger partial charge in [0.15, 0.2) is 0 Å². The first-order valence-corrected chi connectivity index (χ1v) is 10.9. The molecule has 0 radical (unpaired) electrons. The minimum absolute atomic E-state index is 0.284. The fourth-order valence-corrected chi connectivity index (χ4v) is 5.17. The fourth-order valence-electron chi connectivity index (χ4n) is 5.17. The highest BCUT2D eigenvalue weighted by Gasteiger charge is 2.33. The van der Waals surface area contributed by atoms with Crippen LogP contribution in [0.3, 0.4) is 0 Å². The molecule has 28 heavy (non-hydrogen) atoms. The molecule has 2 aliphatic rings. The van der Waals surface area contributed by atoms with E-state index in [-0.39, 0.29) is 6.61 Å². The maximum atomic E-state index is 9.66. The summed E-state index contributed by atoms with van der Waals surface area (Å²) in [5.74, 6) is 0. The second-order valence-electron chi connectivity index (χ2n) is 8.95. The Labute approximate surface area is 169 Å². The highest BCUT2D eigenvalue weighted by Crippen LogP contribution is 2.27. The molecule has 1 atom stereocenters. The summed E-state index contributed by atoms with van der Waals surface area (Å²) >= 11 is 0. The van der Waals surface area contributed by atoms with Gasteiger partial charge in [-0.05, 0) is 70.9 Å². The monoisotopic (exact) mass is 384 g/mol. The molecule has 0 amide bonds. The number of aromatic amines is 1. The largest absolute Gasteiger partial charge is 0.396 e. The topological polar surface area (TPSA) is 45.7 Å². The van der Waals surface area contributed by atoms with Gasteiger partial charge in [-0.3, -0.25) is 9.80 Å². The second-order valence-corrected chi connectivity index (χ2v) is 8.95. The molecule has 2 fully saturated rings. The second kappa shape index (κ2) is 8.54. The Balaban J connectivity index is 1.45. The van der Waals surface area contributed by atoms with Crippen molar-refractivity contribution in [2.45, 2.75) is 51.7 Å². The van der Waals surface area contributed by atoms with Crippen molar-refractivity contribution >= 4 is 10.9 Å². The average Bonchev–Trinajstić information content (AvgIpc) is 2.98. The van der Waals surface area contributed by atoms with Crippen LogP contribution < -0.4 is 0 Å². The summed E-state index contributed by atoms with van der Waals surface area (Å²) in [5, 5.41) is 11.0. The third-order valence-electron chi connectivity index (χ3n) is 6.93. The molecule has 154 valence electrons. The number of nitrogens with zero attached hydrogens (tertiary/aromatic N) is 3. The molecule has 3 heterocycles. The van der Waals surface area contributed by atoms with Crippen LogP contribution in [0.15, 0.2) is 18.2 Å². The molecule has 0 bridgehead atoms. The molecule has 0 unspecified atom stereocenters. The summed E-state index contributed by atoms with van der Waals surface area (Å²) < 4.78 is 0. The number of piperidine rings is 1. The summed E-state index contributed by atoms with van der Waals surface area (Å²) in [6.45, 7) is 11.4. The summed E-state index contributed by atoms with van der Waals surface area (Å²) in [5.41, 5.74) is 5.29. The molecular weight excluding hydrogens is 348 g/mol. The molecular formula is C23H36N4O. The van der Waals surface area contributed by atoms with Gasteiger partial charge < -0.3 is 15.0 Å². The maximum absolute atomic E-state index is 9.66. The zero-order valence-corrected chi connectivity index (χ0v) is 17.7. The highest BCUT2D eigenvalue weighted by atomic mass is 16.3. The Kier molecular flexibility index (Phi) is 6.07. The quantitative estimate of drug-likeness (QED) is 0.832. The Hall–Kier alpha value is -1.40. The van der Waals surface area contributed by atoms with Gasteiger partial charge in [-0.2, -0.15) is 0 Å². The molecule has 1 aromatic heterocycles. The number of piperazine rings is 1. The van der Waals surface area contributed by atoms with Gasteiger partial charge in [0.25, 0.3) is 0 Å². The molecule has 2 N–H and O–H groups in total. The normalized spacial score (nSPS) is 23.6. The molecule has 0 saturated carbocycles. The van der Waals surface area contributed by atoms with Crippen LogP contribution >= 0.6 is 0 Å². The number of benzene rings is 1. The number of aliphatic hydroxyl groups is 1. The number of hydrogen-bond donors (Lipinski definition) is 2. The summed E-state index contributed by atoms with van der Waals surface area (Å²) in [6.07, 6.45) is 3.41. The van der Waals surface area contributed by atoms with Crippen LogP contribution in [0.1, 0.15) is 36.1 Å². The molecule has 2 aromatic rings. The lowest BCUT2D eigenvalue weighted by Gasteiger charge is -2.47. The van der Waals surface area contributed by atoms with Crippen LogP contribution in [0.4, 0.5) is 0 Å². The van der Waals surface area contributed by atoms with Crippen LogP contribution in [0.5, 0.6) is 0 Å². The van der Waals surface area contributed by atoms with E-state index in [0.717, 1.165) is 32.6 Å². The first-order chi connectivity index (χ1) is 13.5. The smallest absolute Gasteiger partial charge is 0.0459 e. The zero-order chi connectivity index (χ0) is 19.7. The molecule has 2 aliphatic heterocycles. The predicted molar refractivity (Wildman–Crippen MR) is 116 cm³/mol. The number of H-pyrrole nitrogens is 1. The number of aliphatic hydroxyl groups excluding tert-OH is 1. The van der Waals surface area contributed by atoms with Crippen LogP contribution in [0.25, 0.3) is 10.9 Å². The van der Waals surface area contributed by atoms with E-state index in [9.17, 15) is 5.11 Å². The van der Waals surface area contributed by atoms with E-state index in [1.54, 1.807) is 0 Å². The fraction of sp³-hybridized carbons (Fsp3) is 0.652. The van der Waals surface area contributed by atoms with Gasteiger partial charge >= 0.3 is 0 Å².